The van der Waals surface area contributed by atoms with Gasteiger partial charge in [-0.3, -0.25) is 14.5 Å². The van der Waals surface area contributed by atoms with Crippen LogP contribution in [-0.2, 0) is 21.5 Å². The molecule has 1 aromatic heterocycles. The molecule has 1 atom stereocenters. The first-order chi connectivity index (χ1) is 13.8. The van der Waals surface area contributed by atoms with E-state index in [4.69, 9.17) is 4.74 Å². The highest BCUT2D eigenvalue weighted by atomic mass is 16.5. The fraction of sp³-hybridized carbons (Fsp3) is 0.333. The molecule has 2 heterocycles. The number of benzene rings is 1. The molecule has 0 radical (unpaired) electrons. The number of aromatic amines is 1. The normalized spacial score (nSPS) is 20.2. The van der Waals surface area contributed by atoms with E-state index in [-0.39, 0.29) is 11.3 Å². The standard InChI is InChI=1S/C21H21N3O5/c1-11-16(18(26)29-3)12(2)22-17(11)15(25)10-24-19(27)21(23-20(24)28)9-8-13-6-4-5-7-14(13)21/h4-7,22H,8-10H2,1-3H3,(H,23,28)/t21-/m0/s1. The van der Waals surface area contributed by atoms with Crippen LogP contribution in [0.15, 0.2) is 24.3 Å². The number of ketones is 1. The highest BCUT2D eigenvalue weighted by molar-refractivity contribution is 6.12. The molecule has 150 valence electrons. The molecule has 8 nitrogen and oxygen atoms in total. The summed E-state index contributed by atoms with van der Waals surface area (Å²) in [6.45, 7) is 2.88. The van der Waals surface area contributed by atoms with Crippen molar-refractivity contribution in [3.63, 3.8) is 0 Å². The summed E-state index contributed by atoms with van der Waals surface area (Å²) in [6.07, 6.45) is 1.15. The molecule has 1 aliphatic heterocycles. The second-order valence-electron chi connectivity index (χ2n) is 7.42. The number of Topliss-reactive ketones (excluding diaryl/α,β-unsaturated/α-hetero) is 1. The summed E-state index contributed by atoms with van der Waals surface area (Å²) in [5, 5.41) is 2.80. The molecular formula is C21H21N3O5. The van der Waals surface area contributed by atoms with Gasteiger partial charge in [0.05, 0.1) is 24.9 Å². The maximum absolute atomic E-state index is 13.2. The fourth-order valence-corrected chi connectivity index (χ4v) is 4.39. The van der Waals surface area contributed by atoms with Gasteiger partial charge in [0.1, 0.15) is 5.54 Å². The van der Waals surface area contributed by atoms with Gasteiger partial charge in [-0.15, -0.1) is 0 Å². The maximum atomic E-state index is 13.2. The number of rotatable bonds is 4. The molecular weight excluding hydrogens is 374 g/mol. The number of amides is 3. The number of nitrogens with one attached hydrogen (secondary N) is 2. The van der Waals surface area contributed by atoms with Crippen LogP contribution in [-0.4, -0.2) is 47.2 Å². The van der Waals surface area contributed by atoms with Crippen molar-refractivity contribution < 1.29 is 23.9 Å². The largest absolute Gasteiger partial charge is 0.465 e. The third-order valence-electron chi connectivity index (χ3n) is 5.83. The van der Waals surface area contributed by atoms with Gasteiger partial charge in [0, 0.05) is 5.69 Å². The molecule has 1 spiro atoms. The number of aromatic nitrogens is 1. The molecule has 2 N–H and O–H groups in total. The lowest BCUT2D eigenvalue weighted by Crippen LogP contribution is -2.42. The zero-order chi connectivity index (χ0) is 20.9. The number of imide groups is 1. The first-order valence-corrected chi connectivity index (χ1v) is 9.33. The summed E-state index contributed by atoms with van der Waals surface area (Å²) in [7, 11) is 1.27. The van der Waals surface area contributed by atoms with Gasteiger partial charge in [0.2, 0.25) is 0 Å². The molecule has 0 bridgehead atoms. The van der Waals surface area contributed by atoms with Gasteiger partial charge >= 0.3 is 12.0 Å². The van der Waals surface area contributed by atoms with E-state index >= 15 is 0 Å². The Morgan fingerprint density at radius 3 is 2.66 bits per heavy atom. The van der Waals surface area contributed by atoms with Crippen molar-refractivity contribution in [3.8, 4) is 0 Å². The van der Waals surface area contributed by atoms with E-state index in [2.05, 4.69) is 10.3 Å². The van der Waals surface area contributed by atoms with E-state index in [9.17, 15) is 19.2 Å². The van der Waals surface area contributed by atoms with Crippen molar-refractivity contribution in [1.82, 2.24) is 15.2 Å². The van der Waals surface area contributed by atoms with Crippen molar-refractivity contribution in [2.75, 3.05) is 13.7 Å². The highest BCUT2D eigenvalue weighted by Crippen LogP contribution is 2.41. The minimum Gasteiger partial charge on any atom is -0.465 e. The van der Waals surface area contributed by atoms with E-state index in [1.54, 1.807) is 13.8 Å². The number of nitrogens with zero attached hydrogens (tertiary/aromatic N) is 1. The summed E-state index contributed by atoms with van der Waals surface area (Å²) < 4.78 is 4.76. The van der Waals surface area contributed by atoms with Gasteiger partial charge < -0.3 is 15.0 Å². The molecule has 1 saturated heterocycles. The molecule has 4 rings (SSSR count). The third kappa shape index (κ3) is 2.66. The zero-order valence-corrected chi connectivity index (χ0v) is 16.4. The van der Waals surface area contributed by atoms with Crippen LogP contribution >= 0.6 is 0 Å². The van der Waals surface area contributed by atoms with Crippen molar-refractivity contribution in [3.05, 3.63) is 57.9 Å². The molecule has 8 heteroatoms. The van der Waals surface area contributed by atoms with Gasteiger partial charge in [0.15, 0.2) is 5.78 Å². The van der Waals surface area contributed by atoms with E-state index in [1.807, 2.05) is 24.3 Å². The van der Waals surface area contributed by atoms with Crippen molar-refractivity contribution >= 4 is 23.7 Å². The average Bonchev–Trinajstić information content (AvgIpc) is 3.30. The Morgan fingerprint density at radius 2 is 1.93 bits per heavy atom. The number of fused-ring (bicyclic) bond motifs is 2. The van der Waals surface area contributed by atoms with Crippen LogP contribution in [0.4, 0.5) is 4.79 Å². The summed E-state index contributed by atoms with van der Waals surface area (Å²) >= 11 is 0. The number of ether oxygens (including phenoxy) is 1. The predicted molar refractivity (Wildman–Crippen MR) is 103 cm³/mol. The molecule has 1 aromatic carbocycles. The number of carbonyl (C=O) groups excluding carboxylic acids is 4. The second kappa shape index (κ2) is 6.58. The maximum Gasteiger partial charge on any atom is 0.339 e. The highest BCUT2D eigenvalue weighted by Gasteiger charge is 2.55. The topological polar surface area (TPSA) is 109 Å². The molecule has 1 fully saturated rings. The number of carbonyl (C=O) groups is 4. The fourth-order valence-electron chi connectivity index (χ4n) is 4.39. The minimum absolute atomic E-state index is 0.191. The van der Waals surface area contributed by atoms with Crippen molar-refractivity contribution in [2.45, 2.75) is 32.2 Å². The SMILES string of the molecule is COC(=O)c1c(C)[nH]c(C(=O)CN2C(=O)N[C@]3(CCc4ccccc43)C2=O)c1C. The summed E-state index contributed by atoms with van der Waals surface area (Å²) in [4.78, 5) is 54.4. The van der Waals surface area contributed by atoms with E-state index < -0.39 is 35.8 Å². The Bertz CT molecular complexity index is 1070. The second-order valence-corrected chi connectivity index (χ2v) is 7.42. The van der Waals surface area contributed by atoms with Crippen molar-refractivity contribution in [1.29, 1.82) is 0 Å². The van der Waals surface area contributed by atoms with Crippen LogP contribution < -0.4 is 5.32 Å². The van der Waals surface area contributed by atoms with E-state index in [1.165, 1.54) is 7.11 Å². The van der Waals surface area contributed by atoms with Crippen LogP contribution in [0, 0.1) is 13.8 Å². The number of esters is 1. The number of methoxy groups -OCH3 is 1. The summed E-state index contributed by atoms with van der Waals surface area (Å²) in [5.74, 6) is -1.42. The third-order valence-corrected chi connectivity index (χ3v) is 5.83. The molecule has 3 amide bonds. The van der Waals surface area contributed by atoms with Gasteiger partial charge in [-0.1, -0.05) is 24.3 Å². The van der Waals surface area contributed by atoms with Gasteiger partial charge in [-0.25, -0.2) is 9.59 Å². The molecule has 1 aliphatic carbocycles. The van der Waals surface area contributed by atoms with Gasteiger partial charge in [-0.05, 0) is 43.4 Å². The Labute approximate surface area is 167 Å². The Balaban J connectivity index is 1.62. The first kappa shape index (κ1) is 18.9. The monoisotopic (exact) mass is 395 g/mol. The quantitative estimate of drug-likeness (QED) is 0.468. The molecule has 2 aromatic rings. The first-order valence-electron chi connectivity index (χ1n) is 9.33. The number of H-pyrrole nitrogens is 1. The number of urea groups is 1. The van der Waals surface area contributed by atoms with Gasteiger partial charge in [0.25, 0.3) is 5.91 Å². The van der Waals surface area contributed by atoms with Crippen LogP contribution in [0.2, 0.25) is 0 Å². The van der Waals surface area contributed by atoms with Crippen LogP contribution in [0.1, 0.15) is 49.7 Å². The molecule has 2 aliphatic rings. The van der Waals surface area contributed by atoms with E-state index in [0.29, 0.717) is 24.1 Å². The molecule has 29 heavy (non-hydrogen) atoms. The zero-order valence-electron chi connectivity index (χ0n) is 16.4. The number of hydrogen-bond donors (Lipinski definition) is 2. The number of aryl methyl sites for hydroxylation is 2. The van der Waals surface area contributed by atoms with Crippen LogP contribution in [0.3, 0.4) is 0 Å². The summed E-state index contributed by atoms with van der Waals surface area (Å²) in [5.41, 5.74) is 2.11. The lowest BCUT2D eigenvalue weighted by molar-refractivity contribution is -0.131. The van der Waals surface area contributed by atoms with Crippen molar-refractivity contribution in [2.24, 2.45) is 0 Å². The Hall–Kier alpha value is -3.42. The molecule has 0 saturated carbocycles. The molecule has 0 unspecified atom stereocenters. The van der Waals surface area contributed by atoms with Crippen LogP contribution in [0.25, 0.3) is 0 Å². The van der Waals surface area contributed by atoms with Gasteiger partial charge in [-0.2, -0.15) is 0 Å². The Morgan fingerprint density at radius 1 is 1.21 bits per heavy atom. The van der Waals surface area contributed by atoms with E-state index in [0.717, 1.165) is 16.0 Å². The van der Waals surface area contributed by atoms with Crippen LogP contribution in [0.5, 0.6) is 0 Å². The number of hydrogen-bond acceptors (Lipinski definition) is 5. The minimum atomic E-state index is -1.11. The summed E-state index contributed by atoms with van der Waals surface area (Å²) in [6, 6.07) is 6.92. The smallest absolute Gasteiger partial charge is 0.339 e. The lowest BCUT2D eigenvalue weighted by Gasteiger charge is -2.22. The lowest BCUT2D eigenvalue weighted by atomic mass is 9.92. The average molecular weight is 395 g/mol. The Kier molecular flexibility index (Phi) is 4.29. The predicted octanol–water partition coefficient (Wildman–Crippen LogP) is 1.99.